The van der Waals surface area contributed by atoms with E-state index in [2.05, 4.69) is 17.2 Å². The first-order valence-electron chi connectivity index (χ1n) is 5.67. The van der Waals surface area contributed by atoms with Crippen molar-refractivity contribution in [3.05, 3.63) is 41.6 Å². The van der Waals surface area contributed by atoms with Crippen LogP contribution in [0, 0.1) is 6.92 Å². The number of hydrogen-bond donors (Lipinski definition) is 2. The van der Waals surface area contributed by atoms with Gasteiger partial charge in [-0.25, -0.2) is 4.79 Å². The number of anilines is 1. The second kappa shape index (κ2) is 7.61. The van der Waals surface area contributed by atoms with E-state index in [4.69, 9.17) is 16.3 Å². The van der Waals surface area contributed by atoms with Gasteiger partial charge in [-0.1, -0.05) is 24.2 Å². The van der Waals surface area contributed by atoms with Gasteiger partial charge in [0.1, 0.15) is 0 Å². The van der Waals surface area contributed by atoms with Crippen LogP contribution in [-0.2, 0) is 4.74 Å². The van der Waals surface area contributed by atoms with Gasteiger partial charge < -0.3 is 15.4 Å². The van der Waals surface area contributed by atoms with Gasteiger partial charge in [0.25, 0.3) is 0 Å². The summed E-state index contributed by atoms with van der Waals surface area (Å²) in [6.45, 7) is 6.42. The van der Waals surface area contributed by atoms with Crippen molar-refractivity contribution in [2.24, 2.45) is 0 Å². The van der Waals surface area contributed by atoms with Crippen molar-refractivity contribution in [1.29, 1.82) is 0 Å². The third-order valence-corrected chi connectivity index (χ3v) is 2.68. The topological polar surface area (TPSA) is 50.4 Å². The summed E-state index contributed by atoms with van der Waals surface area (Å²) in [5.74, 6) is 0. The Balaban J connectivity index is 2.31. The smallest absolute Gasteiger partial charge is 0.319 e. The molecule has 0 aliphatic rings. The van der Waals surface area contributed by atoms with Crippen LogP contribution in [0.3, 0.4) is 0 Å². The summed E-state index contributed by atoms with van der Waals surface area (Å²) in [5.41, 5.74) is 1.65. The third-order valence-electron chi connectivity index (χ3n) is 2.27. The highest BCUT2D eigenvalue weighted by Gasteiger charge is 2.02. The predicted octanol–water partition coefficient (Wildman–Crippen LogP) is 3.32. The van der Waals surface area contributed by atoms with Crippen molar-refractivity contribution in [2.45, 2.75) is 13.3 Å². The number of halogens is 1. The van der Waals surface area contributed by atoms with Gasteiger partial charge in [-0.3, -0.25) is 0 Å². The van der Waals surface area contributed by atoms with Crippen LogP contribution >= 0.6 is 11.6 Å². The van der Waals surface area contributed by atoms with Crippen LogP contribution in [0.4, 0.5) is 10.5 Å². The SMILES string of the molecule is C=COCCCNC(=O)Nc1ccc(C)c(Cl)c1. The number of benzene rings is 1. The summed E-state index contributed by atoms with van der Waals surface area (Å²) >= 11 is 5.96. The van der Waals surface area contributed by atoms with E-state index in [0.29, 0.717) is 23.9 Å². The molecule has 0 aromatic heterocycles. The fraction of sp³-hybridized carbons (Fsp3) is 0.308. The van der Waals surface area contributed by atoms with Gasteiger partial charge in [-0.2, -0.15) is 0 Å². The quantitative estimate of drug-likeness (QED) is 0.614. The van der Waals surface area contributed by atoms with E-state index >= 15 is 0 Å². The number of ether oxygens (including phenoxy) is 1. The third kappa shape index (κ3) is 5.10. The summed E-state index contributed by atoms with van der Waals surface area (Å²) in [5, 5.41) is 6.05. The zero-order valence-corrected chi connectivity index (χ0v) is 11.1. The van der Waals surface area contributed by atoms with Crippen molar-refractivity contribution in [2.75, 3.05) is 18.5 Å². The van der Waals surface area contributed by atoms with E-state index < -0.39 is 0 Å². The molecule has 0 radical (unpaired) electrons. The maximum absolute atomic E-state index is 11.5. The van der Waals surface area contributed by atoms with E-state index in [0.717, 1.165) is 12.0 Å². The molecule has 4 nitrogen and oxygen atoms in total. The van der Waals surface area contributed by atoms with Gasteiger partial charge in [0.15, 0.2) is 0 Å². The minimum absolute atomic E-state index is 0.256. The molecule has 98 valence electrons. The van der Waals surface area contributed by atoms with Crippen LogP contribution < -0.4 is 10.6 Å². The summed E-state index contributed by atoms with van der Waals surface area (Å²) in [6.07, 6.45) is 2.11. The molecule has 0 bridgehead atoms. The predicted molar refractivity (Wildman–Crippen MR) is 74.0 cm³/mol. The monoisotopic (exact) mass is 268 g/mol. The highest BCUT2D eigenvalue weighted by atomic mass is 35.5. The van der Waals surface area contributed by atoms with Crippen LogP contribution in [0.25, 0.3) is 0 Å². The van der Waals surface area contributed by atoms with Gasteiger partial charge in [0.2, 0.25) is 0 Å². The molecule has 0 saturated carbocycles. The molecule has 2 N–H and O–H groups in total. The fourth-order valence-electron chi connectivity index (χ4n) is 1.29. The largest absolute Gasteiger partial charge is 0.502 e. The number of hydrogen-bond acceptors (Lipinski definition) is 2. The number of urea groups is 1. The van der Waals surface area contributed by atoms with Crippen molar-refractivity contribution in [3.63, 3.8) is 0 Å². The molecule has 0 heterocycles. The molecule has 0 spiro atoms. The van der Waals surface area contributed by atoms with Gasteiger partial charge in [0.05, 0.1) is 12.9 Å². The van der Waals surface area contributed by atoms with Crippen LogP contribution in [-0.4, -0.2) is 19.2 Å². The van der Waals surface area contributed by atoms with E-state index in [1.807, 2.05) is 19.1 Å². The molecular formula is C13H17ClN2O2. The molecule has 2 amide bonds. The summed E-state index contributed by atoms with van der Waals surface area (Å²) in [7, 11) is 0. The zero-order chi connectivity index (χ0) is 13.4. The van der Waals surface area contributed by atoms with Crippen LogP contribution in [0.5, 0.6) is 0 Å². The van der Waals surface area contributed by atoms with Crippen LogP contribution in [0.15, 0.2) is 31.0 Å². The lowest BCUT2D eigenvalue weighted by Crippen LogP contribution is -2.30. The van der Waals surface area contributed by atoms with Crippen LogP contribution in [0.1, 0.15) is 12.0 Å². The molecular weight excluding hydrogens is 252 g/mol. The van der Waals surface area contributed by atoms with E-state index in [1.54, 1.807) is 6.07 Å². The zero-order valence-electron chi connectivity index (χ0n) is 10.3. The Morgan fingerprint density at radius 1 is 1.56 bits per heavy atom. The van der Waals surface area contributed by atoms with Gasteiger partial charge >= 0.3 is 6.03 Å². The number of amides is 2. The van der Waals surface area contributed by atoms with E-state index in [1.165, 1.54) is 6.26 Å². The average Bonchev–Trinajstić information content (AvgIpc) is 2.34. The Labute approximate surface area is 112 Å². The molecule has 0 atom stereocenters. The van der Waals surface area contributed by atoms with Gasteiger partial charge in [-0.05, 0) is 31.0 Å². The maximum atomic E-state index is 11.5. The van der Waals surface area contributed by atoms with Crippen molar-refractivity contribution < 1.29 is 9.53 Å². The highest BCUT2D eigenvalue weighted by Crippen LogP contribution is 2.19. The number of carbonyl (C=O) groups is 1. The fourth-order valence-corrected chi connectivity index (χ4v) is 1.47. The Bertz CT molecular complexity index is 421. The van der Waals surface area contributed by atoms with Crippen LogP contribution in [0.2, 0.25) is 5.02 Å². The lowest BCUT2D eigenvalue weighted by molar-refractivity contribution is 0.238. The van der Waals surface area contributed by atoms with E-state index in [-0.39, 0.29) is 6.03 Å². The Kier molecular flexibility index (Phi) is 6.08. The summed E-state index contributed by atoms with van der Waals surface area (Å²) in [6, 6.07) is 5.13. The molecule has 0 aliphatic heterocycles. The van der Waals surface area contributed by atoms with E-state index in [9.17, 15) is 4.79 Å². The minimum Gasteiger partial charge on any atom is -0.502 e. The normalized spacial score (nSPS) is 9.67. The molecule has 1 aromatic rings. The first-order valence-corrected chi connectivity index (χ1v) is 6.05. The number of aryl methyl sites for hydroxylation is 1. The molecule has 5 heteroatoms. The lowest BCUT2D eigenvalue weighted by Gasteiger charge is -2.08. The molecule has 1 aromatic carbocycles. The van der Waals surface area contributed by atoms with Gasteiger partial charge in [0, 0.05) is 17.3 Å². The van der Waals surface area contributed by atoms with Gasteiger partial charge in [-0.15, -0.1) is 0 Å². The minimum atomic E-state index is -0.256. The average molecular weight is 269 g/mol. The Morgan fingerprint density at radius 2 is 2.33 bits per heavy atom. The number of rotatable bonds is 6. The van der Waals surface area contributed by atoms with Crippen molar-refractivity contribution >= 4 is 23.3 Å². The summed E-state index contributed by atoms with van der Waals surface area (Å²) in [4.78, 5) is 11.5. The molecule has 0 fully saturated rings. The molecule has 18 heavy (non-hydrogen) atoms. The Morgan fingerprint density at radius 3 is 3.00 bits per heavy atom. The second-order valence-electron chi connectivity index (χ2n) is 3.74. The number of carbonyl (C=O) groups excluding carboxylic acids is 1. The lowest BCUT2D eigenvalue weighted by atomic mass is 10.2. The first-order chi connectivity index (χ1) is 8.63. The second-order valence-corrected chi connectivity index (χ2v) is 4.14. The standard InChI is InChI=1S/C13H17ClN2O2/c1-3-18-8-4-7-15-13(17)16-11-6-5-10(2)12(14)9-11/h3,5-6,9H,1,4,7-8H2,2H3,(H2,15,16,17). The van der Waals surface area contributed by atoms with Crippen molar-refractivity contribution in [1.82, 2.24) is 5.32 Å². The molecule has 0 aliphatic carbocycles. The first kappa shape index (κ1) is 14.4. The Hall–Kier alpha value is -1.68. The summed E-state index contributed by atoms with van der Waals surface area (Å²) < 4.78 is 4.94. The molecule has 0 unspecified atom stereocenters. The maximum Gasteiger partial charge on any atom is 0.319 e. The number of nitrogens with one attached hydrogen (secondary N) is 2. The van der Waals surface area contributed by atoms with Crippen molar-refractivity contribution in [3.8, 4) is 0 Å². The molecule has 1 rings (SSSR count). The molecule has 0 saturated heterocycles. The highest BCUT2D eigenvalue weighted by molar-refractivity contribution is 6.31.